The van der Waals surface area contributed by atoms with Crippen LogP contribution in [-0.4, -0.2) is 63.4 Å². The van der Waals surface area contributed by atoms with Gasteiger partial charge in [0, 0.05) is 5.71 Å². The molecule has 3 fully saturated rings. The zero-order valence-electron chi connectivity index (χ0n) is 15.6. The van der Waals surface area contributed by atoms with Crippen molar-refractivity contribution >= 4 is 20.2 Å². The molecule has 0 aromatic rings. The summed E-state index contributed by atoms with van der Waals surface area (Å²) in [4.78, 5) is 0. The first-order chi connectivity index (χ1) is 12.8. The van der Waals surface area contributed by atoms with Crippen LogP contribution in [-0.2, 0) is 13.1 Å². The van der Waals surface area contributed by atoms with E-state index in [0.717, 1.165) is 39.3 Å². The van der Waals surface area contributed by atoms with Gasteiger partial charge in [-0.2, -0.15) is 63.4 Å². The van der Waals surface area contributed by atoms with E-state index >= 15 is 0 Å². The normalized spacial score (nSPS) is 34.8. The van der Waals surface area contributed by atoms with Crippen molar-refractivity contribution in [1.82, 2.24) is 0 Å². The molecule has 1 aliphatic heterocycles. The van der Waals surface area contributed by atoms with Crippen molar-refractivity contribution in [2.24, 2.45) is 0 Å². The van der Waals surface area contributed by atoms with Crippen LogP contribution in [0, 0.1) is 0 Å². The summed E-state index contributed by atoms with van der Waals surface area (Å²) >= 11 is 0.00694. The van der Waals surface area contributed by atoms with Crippen LogP contribution in [0.15, 0.2) is 0 Å². The zero-order valence-corrected chi connectivity index (χ0v) is 18.3. The Kier molecular flexibility index (Phi) is 13.2. The molecule has 3 unspecified atom stereocenters. The molecule has 0 aromatic heterocycles. The topological polar surface area (TPSA) is 70.5 Å². The van der Waals surface area contributed by atoms with Crippen LogP contribution in [0.25, 0.3) is 26.6 Å². The Labute approximate surface area is 180 Å². The van der Waals surface area contributed by atoms with Crippen molar-refractivity contribution in [3.05, 3.63) is 26.6 Å². The number of hydrogen-bond acceptors (Lipinski definition) is 0. The zero-order chi connectivity index (χ0) is 18.5. The third-order valence-corrected chi connectivity index (χ3v) is 5.46. The summed E-state index contributed by atoms with van der Waals surface area (Å²) in [6.45, 7) is 5.21. The van der Waals surface area contributed by atoms with Crippen LogP contribution >= 0.6 is 20.2 Å². The predicted molar refractivity (Wildman–Crippen MR) is 118 cm³/mol. The summed E-state index contributed by atoms with van der Waals surface area (Å²) < 4.78 is 0. The van der Waals surface area contributed by atoms with Crippen molar-refractivity contribution in [3.63, 3.8) is 0 Å². The number of hydrogen-bond donors (Lipinski definition) is 0. The Hall–Kier alpha value is 0.899. The van der Waals surface area contributed by atoms with Gasteiger partial charge in [-0.05, 0) is 0 Å². The van der Waals surface area contributed by atoms with E-state index in [9.17, 15) is 0 Å². The van der Waals surface area contributed by atoms with Gasteiger partial charge in [-0.25, -0.2) is 0 Å². The molecule has 0 aromatic carbocycles. The maximum Gasteiger partial charge on any atom is 0 e. The fourth-order valence-corrected chi connectivity index (χ4v) is 4.18. The van der Waals surface area contributed by atoms with Crippen LogP contribution in [0.5, 0.6) is 0 Å². The maximum absolute atomic E-state index is 4.95. The monoisotopic (exact) mass is 451 g/mol. The molecule has 3 rings (SSSR count). The van der Waals surface area contributed by atoms with E-state index in [1.807, 2.05) is 0 Å². The average Bonchev–Trinajstić information content (AvgIpc) is 2.67. The molecular weight excluding hydrogens is 412 g/mol. The third kappa shape index (κ3) is 8.93. The Bertz CT molecular complexity index is 341. The molecule has 1 heterocycles. The number of nitrogens with zero attached hydrogens (tertiary/aromatic N) is 5. The van der Waals surface area contributed by atoms with Gasteiger partial charge < -0.3 is 26.6 Å². The second kappa shape index (κ2) is 14.8. The number of halogens is 2. The molecule has 0 spiro atoms. The fraction of sp³-hybridized carbons (Fsp3) is 1.00. The van der Waals surface area contributed by atoms with Gasteiger partial charge >= 0.3 is 33.3 Å². The van der Waals surface area contributed by atoms with Crippen LogP contribution in [0.1, 0.15) is 57.1 Å². The van der Waals surface area contributed by atoms with E-state index < -0.39 is 0 Å². The molecule has 26 heavy (non-hydrogen) atoms. The summed E-state index contributed by atoms with van der Waals surface area (Å²) in [6, 6.07) is 1.76. The van der Waals surface area contributed by atoms with Gasteiger partial charge in [0.1, 0.15) is 0 Å². The summed E-state index contributed by atoms with van der Waals surface area (Å²) in [7, 11) is 9.59. The van der Waals surface area contributed by atoms with E-state index in [1.165, 1.54) is 51.4 Å². The molecule has 5 nitrogen and oxygen atoms in total. The largest absolute Gasteiger partial charge is 0 e. The van der Waals surface area contributed by atoms with Gasteiger partial charge in [0.05, 0.1) is 0 Å². The second-order valence-corrected chi connectivity index (χ2v) is 9.14. The molecule has 8 heteroatoms. The minimum atomic E-state index is 0. The Morgan fingerprint density at radius 2 is 0.808 bits per heavy atom. The molecule has 3 aliphatic rings. The summed E-state index contributed by atoms with van der Waals surface area (Å²) in [6.07, 6.45) is 10.1. The minimum absolute atomic E-state index is 0. The molecule has 0 amide bonds. The fourth-order valence-electron chi connectivity index (χ4n) is 4.18. The van der Waals surface area contributed by atoms with Crippen LogP contribution in [0.2, 0.25) is 0 Å². The Morgan fingerprint density at radius 1 is 0.538 bits per heavy atom. The molecule has 0 N–H and O–H groups in total. The summed E-state index contributed by atoms with van der Waals surface area (Å²) in [5.41, 5.74) is 0. The van der Waals surface area contributed by atoms with Crippen molar-refractivity contribution in [2.45, 2.75) is 75.5 Å². The van der Waals surface area contributed by atoms with E-state index in [0.29, 0.717) is 24.2 Å². The standard InChI is InChI=1S/C18H32N5.2ClH.Mn.4H2/c1-3-7-17-15(5-1)20-11-9-19-10-12-21-16-6-2-4-8-18(16)23-14-13-22-17;;;;;;;/h15-18H,1-14H2;2*1H;;4*1H/q-5;;;+2;;;;/p-2/t15-,16?,17?,18?;;;;;;;/m0......./s1. The van der Waals surface area contributed by atoms with E-state index in [4.69, 9.17) is 41.5 Å². The Balaban J connectivity index is -0.000000984. The van der Waals surface area contributed by atoms with Crippen LogP contribution < -0.4 is 0 Å². The van der Waals surface area contributed by atoms with Crippen molar-refractivity contribution in [1.29, 1.82) is 0 Å². The number of rotatable bonds is 0. The average molecular weight is 452 g/mol. The van der Waals surface area contributed by atoms with Gasteiger partial charge in [-0.15, -0.1) is 0 Å². The molecular formula is C18H40Cl2MnN5-5. The van der Waals surface area contributed by atoms with Gasteiger partial charge in [0.15, 0.2) is 0 Å². The first-order valence-corrected chi connectivity index (χ1v) is 13.3. The van der Waals surface area contributed by atoms with Crippen molar-refractivity contribution in [2.75, 3.05) is 39.3 Å². The first kappa shape index (κ1) is 23.2. The Morgan fingerprint density at radius 3 is 1.12 bits per heavy atom. The van der Waals surface area contributed by atoms with E-state index in [1.54, 1.807) is 0 Å². The van der Waals surface area contributed by atoms with Gasteiger partial charge in [0.25, 0.3) is 0 Å². The second-order valence-electron chi connectivity index (χ2n) is 7.19. The van der Waals surface area contributed by atoms with E-state index in [-0.39, 0.29) is 18.8 Å². The van der Waals surface area contributed by atoms with Gasteiger partial charge in [-0.1, -0.05) is 51.4 Å². The molecule has 2 aliphatic carbocycles. The smallest absolute Gasteiger partial charge is 0 e. The van der Waals surface area contributed by atoms with Gasteiger partial charge in [0.2, 0.25) is 0 Å². The molecule has 0 radical (unpaired) electrons. The molecule has 4 atom stereocenters. The van der Waals surface area contributed by atoms with Gasteiger partial charge in [-0.3, -0.25) is 0 Å². The number of fused-ring (bicyclic) bond motifs is 2. The SMILES string of the molecule is C1CCC2[N-]CC[N-]C3CCCC[C@@H]3[N-]CC[N-]CC[N-]C2C1.[Cl][Mn][Cl].[HH].[HH].[HH].[HH]. The maximum atomic E-state index is 4.95. The predicted octanol–water partition coefficient (Wildman–Crippen LogP) is 6.85. The quantitative estimate of drug-likeness (QED) is 0.361. The molecule has 163 valence electrons. The van der Waals surface area contributed by atoms with Crippen LogP contribution in [0.4, 0.5) is 0 Å². The molecule has 0 bridgehead atoms. The van der Waals surface area contributed by atoms with Crippen molar-refractivity contribution in [3.8, 4) is 0 Å². The molecule has 1 saturated heterocycles. The minimum Gasteiger partial charge on any atom is 0 e. The summed E-state index contributed by atoms with van der Waals surface area (Å²) in [5, 5.41) is 24.3. The summed E-state index contributed by atoms with van der Waals surface area (Å²) in [5.74, 6) is 0. The third-order valence-electron chi connectivity index (χ3n) is 5.46. The van der Waals surface area contributed by atoms with E-state index in [2.05, 4.69) is 5.32 Å². The first-order valence-electron chi connectivity index (χ1n) is 10.0. The van der Waals surface area contributed by atoms with Crippen molar-refractivity contribution < 1.29 is 18.8 Å². The molecule has 2 saturated carbocycles. The van der Waals surface area contributed by atoms with Crippen LogP contribution in [0.3, 0.4) is 0 Å².